The molecule has 0 radical (unpaired) electrons. The topological polar surface area (TPSA) is 66.9 Å². The summed E-state index contributed by atoms with van der Waals surface area (Å²) in [6.45, 7) is 2.46. The second-order valence-corrected chi connectivity index (χ2v) is 5.97. The minimum absolute atomic E-state index is 0.261. The van der Waals surface area contributed by atoms with Gasteiger partial charge in [0.05, 0.1) is 23.1 Å². The number of hydrogen-bond acceptors (Lipinski definition) is 4. The summed E-state index contributed by atoms with van der Waals surface area (Å²) in [6.07, 6.45) is 2.94. The van der Waals surface area contributed by atoms with Crippen LogP contribution in [0, 0.1) is 6.92 Å². The van der Waals surface area contributed by atoms with Gasteiger partial charge in [-0.1, -0.05) is 53.6 Å². The molecule has 126 valence electrons. The highest BCUT2D eigenvalue weighted by Crippen LogP contribution is 2.23. The van der Waals surface area contributed by atoms with E-state index in [1.54, 1.807) is 6.07 Å². The van der Waals surface area contributed by atoms with Gasteiger partial charge >= 0.3 is 0 Å². The molecule has 0 spiro atoms. The minimum atomic E-state index is -0.265. The highest BCUT2D eigenvalue weighted by molar-refractivity contribution is 6.33. The monoisotopic (exact) mass is 352 g/mol. The first-order valence-corrected chi connectivity index (χ1v) is 8.17. The van der Waals surface area contributed by atoms with Gasteiger partial charge in [-0.15, -0.1) is 0 Å². The number of halogens is 1. The van der Waals surface area contributed by atoms with E-state index < -0.39 is 0 Å². The second kappa shape index (κ2) is 7.77. The lowest BCUT2D eigenvalue weighted by Gasteiger charge is -2.08. The van der Waals surface area contributed by atoms with Gasteiger partial charge in [-0.05, 0) is 24.6 Å². The van der Waals surface area contributed by atoms with E-state index >= 15 is 0 Å². The van der Waals surface area contributed by atoms with Gasteiger partial charge < -0.3 is 10.6 Å². The molecule has 6 heteroatoms. The quantitative estimate of drug-likeness (QED) is 0.725. The molecule has 0 unspecified atom stereocenters. The molecule has 3 rings (SSSR count). The molecule has 0 aliphatic rings. The molecule has 0 aliphatic heterocycles. The van der Waals surface area contributed by atoms with Crippen LogP contribution in [-0.4, -0.2) is 15.9 Å². The number of para-hydroxylation sites is 1. The molecule has 1 amide bonds. The predicted octanol–water partition coefficient (Wildman–Crippen LogP) is 4.11. The van der Waals surface area contributed by atoms with Gasteiger partial charge in [0.1, 0.15) is 11.5 Å². The molecule has 0 saturated heterocycles. The van der Waals surface area contributed by atoms with Crippen LogP contribution >= 0.6 is 11.6 Å². The molecule has 5 nitrogen and oxygen atoms in total. The normalized spacial score (nSPS) is 10.3. The van der Waals surface area contributed by atoms with Crippen molar-refractivity contribution in [2.75, 3.05) is 5.32 Å². The first-order chi connectivity index (χ1) is 12.1. The Balaban J connectivity index is 1.61. The van der Waals surface area contributed by atoms with Gasteiger partial charge in [-0.3, -0.25) is 4.79 Å². The highest BCUT2D eigenvalue weighted by atomic mass is 35.5. The summed E-state index contributed by atoms with van der Waals surface area (Å²) < 4.78 is 0. The molecule has 0 bridgehead atoms. The van der Waals surface area contributed by atoms with Crippen LogP contribution in [0.4, 0.5) is 11.5 Å². The Morgan fingerprint density at radius 2 is 1.92 bits per heavy atom. The van der Waals surface area contributed by atoms with Crippen molar-refractivity contribution >= 4 is 29.0 Å². The number of amides is 1. The molecule has 0 saturated carbocycles. The van der Waals surface area contributed by atoms with Crippen molar-refractivity contribution in [2.45, 2.75) is 13.5 Å². The average molecular weight is 353 g/mol. The fourth-order valence-electron chi connectivity index (χ4n) is 2.31. The van der Waals surface area contributed by atoms with Crippen molar-refractivity contribution in [3.05, 3.63) is 82.8 Å². The van der Waals surface area contributed by atoms with Crippen molar-refractivity contribution in [1.82, 2.24) is 15.3 Å². The Labute approximate surface area is 151 Å². The predicted molar refractivity (Wildman–Crippen MR) is 99.1 cm³/mol. The molecule has 1 heterocycles. The molecule has 0 aliphatic carbocycles. The lowest BCUT2D eigenvalue weighted by Crippen LogP contribution is -2.24. The van der Waals surface area contributed by atoms with Gasteiger partial charge in [0.15, 0.2) is 0 Å². The van der Waals surface area contributed by atoms with Gasteiger partial charge in [0.2, 0.25) is 0 Å². The Bertz CT molecular complexity index is 881. The van der Waals surface area contributed by atoms with E-state index in [9.17, 15) is 4.79 Å². The van der Waals surface area contributed by atoms with Crippen molar-refractivity contribution < 1.29 is 4.79 Å². The molecule has 2 N–H and O–H groups in total. The summed E-state index contributed by atoms with van der Waals surface area (Å²) in [5.74, 6) is 0.252. The fraction of sp³-hybridized carbons (Fsp3) is 0.105. The van der Waals surface area contributed by atoms with Crippen LogP contribution < -0.4 is 10.6 Å². The van der Waals surface area contributed by atoms with Gasteiger partial charge in [-0.2, -0.15) is 0 Å². The van der Waals surface area contributed by atoms with Crippen molar-refractivity contribution in [1.29, 1.82) is 0 Å². The number of carbonyl (C=O) groups excluding carboxylic acids is 1. The maximum atomic E-state index is 12.2. The maximum absolute atomic E-state index is 12.2. The van der Waals surface area contributed by atoms with Gasteiger partial charge in [0, 0.05) is 6.54 Å². The Morgan fingerprint density at radius 3 is 2.64 bits per heavy atom. The van der Waals surface area contributed by atoms with Gasteiger partial charge in [0.25, 0.3) is 5.91 Å². The zero-order valence-corrected chi connectivity index (χ0v) is 14.4. The van der Waals surface area contributed by atoms with Crippen molar-refractivity contribution in [3.63, 3.8) is 0 Å². The van der Waals surface area contributed by atoms with Crippen LogP contribution in [0.1, 0.15) is 21.6 Å². The Morgan fingerprint density at radius 1 is 1.08 bits per heavy atom. The van der Waals surface area contributed by atoms with E-state index in [4.69, 9.17) is 11.6 Å². The van der Waals surface area contributed by atoms with E-state index in [-0.39, 0.29) is 11.6 Å². The Hall–Kier alpha value is -2.92. The third-order valence-electron chi connectivity index (χ3n) is 3.56. The number of benzene rings is 2. The van der Waals surface area contributed by atoms with Crippen molar-refractivity contribution in [3.8, 4) is 0 Å². The van der Waals surface area contributed by atoms with Crippen LogP contribution in [0.25, 0.3) is 0 Å². The smallest absolute Gasteiger partial charge is 0.271 e. The highest BCUT2D eigenvalue weighted by Gasteiger charge is 2.08. The number of nitrogens with zero attached hydrogens (tertiary/aromatic N) is 2. The summed E-state index contributed by atoms with van der Waals surface area (Å²) in [5, 5.41) is 6.49. The molecule has 0 atom stereocenters. The SMILES string of the molecule is Cc1cccc(CNC(=O)c2cnc(Nc3ccccc3Cl)cn2)c1. The van der Waals surface area contributed by atoms with Crippen LogP contribution in [0.5, 0.6) is 0 Å². The molecule has 25 heavy (non-hydrogen) atoms. The molecule has 2 aromatic carbocycles. The number of rotatable bonds is 5. The third-order valence-corrected chi connectivity index (χ3v) is 3.89. The number of anilines is 2. The standard InChI is InChI=1S/C19H17ClN4O/c1-13-5-4-6-14(9-13)10-23-19(25)17-11-22-18(12-21-17)24-16-8-3-2-7-15(16)20/h2-9,11-12H,10H2,1H3,(H,22,24)(H,23,25). The molecular formula is C19H17ClN4O. The van der Waals surface area contributed by atoms with Crippen LogP contribution in [0.3, 0.4) is 0 Å². The zero-order chi connectivity index (χ0) is 17.6. The summed E-state index contributed by atoms with van der Waals surface area (Å²) in [5.41, 5.74) is 3.19. The largest absolute Gasteiger partial charge is 0.347 e. The number of nitrogens with one attached hydrogen (secondary N) is 2. The minimum Gasteiger partial charge on any atom is -0.347 e. The fourth-order valence-corrected chi connectivity index (χ4v) is 2.49. The summed E-state index contributed by atoms with van der Waals surface area (Å²) in [4.78, 5) is 20.5. The van der Waals surface area contributed by atoms with Crippen LogP contribution in [-0.2, 0) is 6.54 Å². The second-order valence-electron chi connectivity index (χ2n) is 5.56. The number of aromatic nitrogens is 2. The van der Waals surface area contributed by atoms with Gasteiger partial charge in [-0.25, -0.2) is 9.97 Å². The number of aryl methyl sites for hydroxylation is 1. The van der Waals surface area contributed by atoms with E-state index in [0.29, 0.717) is 17.4 Å². The summed E-state index contributed by atoms with van der Waals surface area (Å²) >= 11 is 6.09. The zero-order valence-electron chi connectivity index (χ0n) is 13.7. The average Bonchev–Trinajstić information content (AvgIpc) is 2.62. The number of carbonyl (C=O) groups is 1. The molecular weight excluding hydrogens is 336 g/mol. The van der Waals surface area contributed by atoms with Crippen molar-refractivity contribution in [2.24, 2.45) is 0 Å². The summed E-state index contributed by atoms with van der Waals surface area (Å²) in [6, 6.07) is 15.3. The molecule has 1 aromatic heterocycles. The number of hydrogen-bond donors (Lipinski definition) is 2. The van der Waals surface area contributed by atoms with E-state index in [0.717, 1.165) is 16.8 Å². The first-order valence-electron chi connectivity index (χ1n) is 7.79. The lowest BCUT2D eigenvalue weighted by atomic mass is 10.1. The maximum Gasteiger partial charge on any atom is 0.271 e. The van der Waals surface area contributed by atoms with Crippen LogP contribution in [0.15, 0.2) is 60.9 Å². The van der Waals surface area contributed by atoms with Crippen LogP contribution in [0.2, 0.25) is 5.02 Å². The molecule has 3 aromatic rings. The van der Waals surface area contributed by atoms with E-state index in [1.807, 2.05) is 49.4 Å². The Kier molecular flexibility index (Phi) is 5.26. The van der Waals surface area contributed by atoms with E-state index in [2.05, 4.69) is 20.6 Å². The third kappa shape index (κ3) is 4.55. The molecule has 0 fully saturated rings. The summed E-state index contributed by atoms with van der Waals surface area (Å²) in [7, 11) is 0. The van der Waals surface area contributed by atoms with E-state index in [1.165, 1.54) is 12.4 Å². The lowest BCUT2D eigenvalue weighted by molar-refractivity contribution is 0.0945. The first kappa shape index (κ1) is 16.9.